The standard InChI is InChI=1S/C24H20FN3O4/c1-31-20-10-9-17(13-21(20)32-2)27-23(29)18-12-15-7-5-11-26-22(15)28(24(18)30)14-16-6-3-4-8-19(16)25/h3-13H,14H2,1-2H3,(H,27,29). The summed E-state index contributed by atoms with van der Waals surface area (Å²) in [6, 6.07) is 16.0. The highest BCUT2D eigenvalue weighted by Crippen LogP contribution is 2.30. The SMILES string of the molecule is COc1ccc(NC(=O)c2cc3cccnc3n(Cc3ccccc3F)c2=O)cc1OC. The molecule has 1 amide bonds. The topological polar surface area (TPSA) is 82.5 Å². The molecule has 4 rings (SSSR count). The van der Waals surface area contributed by atoms with Crippen LogP contribution in [0.2, 0.25) is 0 Å². The van der Waals surface area contributed by atoms with Crippen molar-refractivity contribution in [2.75, 3.05) is 19.5 Å². The summed E-state index contributed by atoms with van der Waals surface area (Å²) in [5.41, 5.74) is 0.454. The molecule has 0 aliphatic heterocycles. The number of hydrogen-bond acceptors (Lipinski definition) is 5. The molecule has 2 heterocycles. The van der Waals surface area contributed by atoms with Crippen LogP contribution in [0.15, 0.2) is 71.7 Å². The Balaban J connectivity index is 1.76. The fourth-order valence-electron chi connectivity index (χ4n) is 3.43. The third-order valence-corrected chi connectivity index (χ3v) is 5.02. The lowest BCUT2D eigenvalue weighted by atomic mass is 10.1. The van der Waals surface area contributed by atoms with Gasteiger partial charge in [0.1, 0.15) is 17.0 Å². The molecule has 4 aromatic rings. The van der Waals surface area contributed by atoms with Crippen LogP contribution in [0.25, 0.3) is 11.0 Å². The number of halogens is 1. The van der Waals surface area contributed by atoms with Gasteiger partial charge in [0.15, 0.2) is 11.5 Å². The van der Waals surface area contributed by atoms with Crippen molar-refractivity contribution in [3.8, 4) is 11.5 Å². The Bertz CT molecular complexity index is 1370. The first-order chi connectivity index (χ1) is 15.5. The second-order valence-corrected chi connectivity index (χ2v) is 6.98. The van der Waals surface area contributed by atoms with Crippen molar-refractivity contribution in [2.45, 2.75) is 6.54 Å². The Morgan fingerprint density at radius 2 is 1.81 bits per heavy atom. The van der Waals surface area contributed by atoms with E-state index >= 15 is 0 Å². The molecule has 7 nitrogen and oxygen atoms in total. The van der Waals surface area contributed by atoms with Gasteiger partial charge >= 0.3 is 0 Å². The highest BCUT2D eigenvalue weighted by Gasteiger charge is 2.18. The van der Waals surface area contributed by atoms with Crippen LogP contribution in [0.4, 0.5) is 10.1 Å². The van der Waals surface area contributed by atoms with E-state index in [4.69, 9.17) is 9.47 Å². The van der Waals surface area contributed by atoms with Gasteiger partial charge in [-0.3, -0.25) is 14.2 Å². The summed E-state index contributed by atoms with van der Waals surface area (Å²) >= 11 is 0. The molecular formula is C24H20FN3O4. The molecule has 2 aromatic heterocycles. The van der Waals surface area contributed by atoms with Crippen molar-refractivity contribution < 1.29 is 18.7 Å². The lowest BCUT2D eigenvalue weighted by Gasteiger charge is -2.14. The first-order valence-electron chi connectivity index (χ1n) is 9.77. The second-order valence-electron chi connectivity index (χ2n) is 6.98. The number of anilines is 1. The summed E-state index contributed by atoms with van der Waals surface area (Å²) in [6.45, 7) is -0.0590. The van der Waals surface area contributed by atoms with Gasteiger partial charge in [-0.15, -0.1) is 0 Å². The molecule has 0 aliphatic rings. The van der Waals surface area contributed by atoms with Gasteiger partial charge in [0.05, 0.1) is 20.8 Å². The van der Waals surface area contributed by atoms with Crippen molar-refractivity contribution in [3.63, 3.8) is 0 Å². The molecule has 162 valence electrons. The molecule has 0 spiro atoms. The first-order valence-corrected chi connectivity index (χ1v) is 9.77. The number of benzene rings is 2. The average molecular weight is 433 g/mol. The number of rotatable bonds is 6. The Morgan fingerprint density at radius 3 is 2.56 bits per heavy atom. The van der Waals surface area contributed by atoms with Crippen molar-refractivity contribution in [1.29, 1.82) is 0 Å². The van der Waals surface area contributed by atoms with Crippen LogP contribution in [0, 0.1) is 5.82 Å². The van der Waals surface area contributed by atoms with Gasteiger partial charge in [-0.2, -0.15) is 0 Å². The van der Waals surface area contributed by atoms with Gasteiger partial charge in [0.2, 0.25) is 0 Å². The van der Waals surface area contributed by atoms with E-state index in [0.29, 0.717) is 33.8 Å². The van der Waals surface area contributed by atoms with E-state index in [-0.39, 0.29) is 12.1 Å². The molecule has 8 heteroatoms. The molecule has 0 fully saturated rings. The van der Waals surface area contributed by atoms with Gasteiger partial charge in [0.25, 0.3) is 11.5 Å². The third-order valence-electron chi connectivity index (χ3n) is 5.02. The van der Waals surface area contributed by atoms with E-state index in [1.807, 2.05) is 0 Å². The van der Waals surface area contributed by atoms with Crippen molar-refractivity contribution in [3.05, 3.63) is 94.2 Å². The number of amides is 1. The minimum Gasteiger partial charge on any atom is -0.493 e. The number of aromatic nitrogens is 2. The summed E-state index contributed by atoms with van der Waals surface area (Å²) in [5, 5.41) is 3.29. The molecule has 0 unspecified atom stereocenters. The lowest BCUT2D eigenvalue weighted by Crippen LogP contribution is -2.30. The Labute approximate surface area is 183 Å². The lowest BCUT2D eigenvalue weighted by molar-refractivity contribution is 0.102. The van der Waals surface area contributed by atoms with Crippen LogP contribution in [-0.4, -0.2) is 29.7 Å². The van der Waals surface area contributed by atoms with Gasteiger partial charge in [-0.1, -0.05) is 18.2 Å². The summed E-state index contributed by atoms with van der Waals surface area (Å²) in [4.78, 5) is 30.5. The number of carbonyl (C=O) groups is 1. The maximum absolute atomic E-state index is 14.2. The highest BCUT2D eigenvalue weighted by atomic mass is 19.1. The Morgan fingerprint density at radius 1 is 1.03 bits per heavy atom. The smallest absolute Gasteiger partial charge is 0.265 e. The zero-order valence-electron chi connectivity index (χ0n) is 17.5. The van der Waals surface area contributed by atoms with E-state index in [0.717, 1.165) is 0 Å². The van der Waals surface area contributed by atoms with E-state index in [2.05, 4.69) is 10.3 Å². The number of nitrogens with zero attached hydrogens (tertiary/aromatic N) is 2. The Kier molecular flexibility index (Phi) is 5.85. The monoisotopic (exact) mass is 433 g/mol. The third kappa shape index (κ3) is 4.02. The predicted molar refractivity (Wildman–Crippen MR) is 119 cm³/mol. The van der Waals surface area contributed by atoms with Crippen LogP contribution in [0.5, 0.6) is 11.5 Å². The molecule has 0 saturated carbocycles. The number of methoxy groups -OCH3 is 2. The summed E-state index contributed by atoms with van der Waals surface area (Å²) in [7, 11) is 3.00. The molecule has 0 bridgehead atoms. The molecule has 0 aliphatic carbocycles. The van der Waals surface area contributed by atoms with Crippen LogP contribution < -0.4 is 20.3 Å². The average Bonchev–Trinajstić information content (AvgIpc) is 2.81. The van der Waals surface area contributed by atoms with E-state index in [1.54, 1.807) is 54.7 Å². The molecule has 0 radical (unpaired) electrons. The highest BCUT2D eigenvalue weighted by molar-refractivity contribution is 6.05. The zero-order chi connectivity index (χ0) is 22.7. The maximum atomic E-state index is 14.2. The van der Waals surface area contributed by atoms with Crippen LogP contribution >= 0.6 is 0 Å². The maximum Gasteiger partial charge on any atom is 0.265 e. The molecule has 0 saturated heterocycles. The number of fused-ring (bicyclic) bond motifs is 1. The number of pyridine rings is 2. The van der Waals surface area contributed by atoms with Crippen molar-refractivity contribution in [2.24, 2.45) is 0 Å². The number of ether oxygens (including phenoxy) is 2. The van der Waals surface area contributed by atoms with Crippen molar-refractivity contribution in [1.82, 2.24) is 9.55 Å². The Hall–Kier alpha value is -4.20. The normalized spacial score (nSPS) is 10.7. The molecule has 32 heavy (non-hydrogen) atoms. The fraction of sp³-hybridized carbons (Fsp3) is 0.125. The van der Waals surface area contributed by atoms with Gasteiger partial charge < -0.3 is 14.8 Å². The second kappa shape index (κ2) is 8.89. The quantitative estimate of drug-likeness (QED) is 0.499. The van der Waals surface area contributed by atoms with Gasteiger partial charge in [0, 0.05) is 28.9 Å². The largest absolute Gasteiger partial charge is 0.493 e. The van der Waals surface area contributed by atoms with Crippen LogP contribution in [0.3, 0.4) is 0 Å². The van der Waals surface area contributed by atoms with E-state index < -0.39 is 17.3 Å². The number of nitrogens with one attached hydrogen (secondary N) is 1. The van der Waals surface area contributed by atoms with Crippen molar-refractivity contribution >= 4 is 22.6 Å². The molecule has 2 aromatic carbocycles. The molecule has 1 N–H and O–H groups in total. The zero-order valence-corrected chi connectivity index (χ0v) is 17.5. The van der Waals surface area contributed by atoms with Gasteiger partial charge in [-0.05, 0) is 36.4 Å². The summed E-state index contributed by atoms with van der Waals surface area (Å²) < 4.78 is 26.0. The summed E-state index contributed by atoms with van der Waals surface area (Å²) in [6.07, 6.45) is 1.54. The number of hydrogen-bond donors (Lipinski definition) is 1. The van der Waals surface area contributed by atoms with Crippen LogP contribution in [0.1, 0.15) is 15.9 Å². The molecule has 0 atom stereocenters. The molecular weight excluding hydrogens is 413 g/mol. The summed E-state index contributed by atoms with van der Waals surface area (Å²) in [5.74, 6) is -0.0987. The van der Waals surface area contributed by atoms with Gasteiger partial charge in [-0.25, -0.2) is 9.37 Å². The predicted octanol–water partition coefficient (Wildman–Crippen LogP) is 3.85. The van der Waals surface area contributed by atoms with E-state index in [1.165, 1.54) is 30.9 Å². The fourth-order valence-corrected chi connectivity index (χ4v) is 3.43. The van der Waals surface area contributed by atoms with Crippen LogP contribution in [-0.2, 0) is 6.54 Å². The first kappa shape index (κ1) is 21.0. The number of carbonyl (C=O) groups excluding carboxylic acids is 1. The minimum absolute atomic E-state index is 0.0590. The minimum atomic E-state index is -0.602. The van der Waals surface area contributed by atoms with E-state index in [9.17, 15) is 14.0 Å².